The van der Waals surface area contributed by atoms with Gasteiger partial charge in [-0.05, 0) is 31.9 Å². The minimum Gasteiger partial charge on any atom is -0.483 e. The van der Waals surface area contributed by atoms with Crippen LogP contribution in [0, 0.1) is 0 Å². The zero-order chi connectivity index (χ0) is 32.7. The van der Waals surface area contributed by atoms with Gasteiger partial charge in [0.05, 0.1) is 18.2 Å². The molecule has 2 aromatic rings. The van der Waals surface area contributed by atoms with Gasteiger partial charge in [-0.3, -0.25) is 19.2 Å². The number of likely N-dealkylation sites (tertiary alicyclic amines) is 1. The number of carbonyl (C=O) groups excluding carboxylic acids is 4. The number of carbonyl (C=O) groups is 6. The van der Waals surface area contributed by atoms with Crippen molar-refractivity contribution in [2.24, 2.45) is 0 Å². The highest BCUT2D eigenvalue weighted by molar-refractivity contribution is 5.99. The molecule has 0 aliphatic carbocycles. The van der Waals surface area contributed by atoms with Crippen LogP contribution in [0.4, 0.5) is 4.79 Å². The molecule has 1 aromatic carbocycles. The molecule has 3 atom stereocenters. The van der Waals surface area contributed by atoms with E-state index in [9.17, 15) is 44.1 Å². The van der Waals surface area contributed by atoms with Crippen LogP contribution in [0.25, 0.3) is 10.9 Å². The molecular formula is C29H35N5O11. The van der Waals surface area contributed by atoms with Crippen molar-refractivity contribution in [3.05, 3.63) is 36.0 Å². The molecule has 16 heteroatoms. The Balaban J connectivity index is 1.50. The highest BCUT2D eigenvalue weighted by Crippen LogP contribution is 2.26. The fourth-order valence-electron chi connectivity index (χ4n) is 5.26. The molecule has 4 rings (SSSR count). The van der Waals surface area contributed by atoms with Crippen molar-refractivity contribution in [2.45, 2.75) is 44.4 Å². The van der Waals surface area contributed by atoms with E-state index in [0.717, 1.165) is 4.90 Å². The van der Waals surface area contributed by atoms with Gasteiger partial charge in [0.1, 0.15) is 17.5 Å². The number of aliphatic hydroxyl groups excluding tert-OH is 1. The van der Waals surface area contributed by atoms with Gasteiger partial charge in [0.15, 0.2) is 12.6 Å². The van der Waals surface area contributed by atoms with E-state index in [1.54, 1.807) is 31.2 Å². The van der Waals surface area contributed by atoms with Gasteiger partial charge in [-0.2, -0.15) is 0 Å². The van der Waals surface area contributed by atoms with Crippen molar-refractivity contribution in [2.75, 3.05) is 45.9 Å². The van der Waals surface area contributed by atoms with E-state index in [-0.39, 0.29) is 63.6 Å². The molecule has 1 aromatic heterocycles. The zero-order valence-corrected chi connectivity index (χ0v) is 24.6. The number of ether oxygens (including phenoxy) is 2. The molecular weight excluding hydrogens is 594 g/mol. The largest absolute Gasteiger partial charge is 0.483 e. The summed E-state index contributed by atoms with van der Waals surface area (Å²) in [5, 5.41) is 31.7. The first-order valence-corrected chi connectivity index (χ1v) is 14.5. The number of aliphatic hydroxyl groups is 1. The molecule has 0 radical (unpaired) electrons. The maximum atomic E-state index is 13.4. The molecule has 2 aliphatic heterocycles. The van der Waals surface area contributed by atoms with Crippen molar-refractivity contribution < 1.29 is 53.6 Å². The van der Waals surface area contributed by atoms with Crippen LogP contribution in [0.15, 0.2) is 30.3 Å². The number of carboxylic acid groups (broad SMARTS) is 2. The summed E-state index contributed by atoms with van der Waals surface area (Å²) in [6.45, 7) is 2.09. The van der Waals surface area contributed by atoms with Gasteiger partial charge in [0.2, 0.25) is 5.91 Å². The van der Waals surface area contributed by atoms with E-state index in [2.05, 4.69) is 10.3 Å². The van der Waals surface area contributed by atoms with Gasteiger partial charge in [0.25, 0.3) is 11.8 Å². The Kier molecular flexibility index (Phi) is 10.7. The van der Waals surface area contributed by atoms with Gasteiger partial charge in [-0.1, -0.05) is 12.1 Å². The molecule has 4 N–H and O–H groups in total. The van der Waals surface area contributed by atoms with Crippen molar-refractivity contribution in [1.82, 2.24) is 25.0 Å². The smallest absolute Gasteiger partial charge is 0.409 e. The first-order valence-electron chi connectivity index (χ1n) is 14.5. The van der Waals surface area contributed by atoms with Crippen molar-refractivity contribution in [3.8, 4) is 5.75 Å². The quantitative estimate of drug-likeness (QED) is 0.257. The normalized spacial score (nSPS) is 18.8. The second kappa shape index (κ2) is 14.7. The molecule has 242 valence electrons. The maximum absolute atomic E-state index is 13.4. The number of rotatable bonds is 11. The Morgan fingerprint density at radius 2 is 1.71 bits per heavy atom. The lowest BCUT2D eigenvalue weighted by Crippen LogP contribution is -2.56. The van der Waals surface area contributed by atoms with Gasteiger partial charge in [-0.25, -0.2) is 14.6 Å². The number of pyridine rings is 1. The number of benzene rings is 1. The zero-order valence-electron chi connectivity index (χ0n) is 24.6. The summed E-state index contributed by atoms with van der Waals surface area (Å²) in [5.74, 6) is -4.39. The molecule has 2 fully saturated rings. The Bertz CT molecular complexity index is 1460. The Morgan fingerprint density at radius 1 is 1.02 bits per heavy atom. The average molecular weight is 630 g/mol. The number of aromatic nitrogens is 1. The summed E-state index contributed by atoms with van der Waals surface area (Å²) >= 11 is 0. The molecule has 45 heavy (non-hydrogen) atoms. The van der Waals surface area contributed by atoms with Crippen LogP contribution in [0.2, 0.25) is 0 Å². The third-order valence-electron chi connectivity index (χ3n) is 7.57. The number of carboxylic acids is 2. The number of amides is 4. The number of nitrogens with zero attached hydrogens (tertiary/aromatic N) is 4. The van der Waals surface area contributed by atoms with E-state index in [4.69, 9.17) is 9.47 Å². The highest BCUT2D eigenvalue weighted by Gasteiger charge is 2.41. The summed E-state index contributed by atoms with van der Waals surface area (Å²) in [5.41, 5.74) is 0.160. The molecule has 2 saturated heterocycles. The minimum absolute atomic E-state index is 0.0364. The van der Waals surface area contributed by atoms with Gasteiger partial charge >= 0.3 is 18.0 Å². The molecule has 16 nitrogen and oxygen atoms in total. The maximum Gasteiger partial charge on any atom is 0.409 e. The predicted molar refractivity (Wildman–Crippen MR) is 154 cm³/mol. The lowest BCUT2D eigenvalue weighted by Gasteiger charge is -2.35. The van der Waals surface area contributed by atoms with E-state index >= 15 is 0 Å². The summed E-state index contributed by atoms with van der Waals surface area (Å²) < 4.78 is 10.7. The molecule has 0 spiro atoms. The Labute approximate surface area is 257 Å². The second-order valence-corrected chi connectivity index (χ2v) is 10.5. The Morgan fingerprint density at radius 3 is 2.38 bits per heavy atom. The third kappa shape index (κ3) is 7.94. The van der Waals surface area contributed by atoms with E-state index in [1.165, 1.54) is 15.9 Å². The summed E-state index contributed by atoms with van der Waals surface area (Å²) in [4.78, 5) is 82.8. The summed E-state index contributed by atoms with van der Waals surface area (Å²) in [6, 6.07) is 5.28. The molecule has 0 bridgehead atoms. The molecule has 2 aliphatic rings. The molecule has 0 saturated carbocycles. The Hall–Kier alpha value is -4.99. The summed E-state index contributed by atoms with van der Waals surface area (Å²) in [7, 11) is 0. The van der Waals surface area contributed by atoms with Gasteiger partial charge < -0.3 is 44.8 Å². The monoisotopic (exact) mass is 629 g/mol. The van der Waals surface area contributed by atoms with E-state index in [1.807, 2.05) is 0 Å². The minimum atomic E-state index is -1.40. The van der Waals surface area contributed by atoms with Crippen LogP contribution < -0.4 is 10.1 Å². The third-order valence-corrected chi connectivity index (χ3v) is 7.57. The lowest BCUT2D eigenvalue weighted by molar-refractivity contribution is -0.151. The van der Waals surface area contributed by atoms with Crippen LogP contribution >= 0.6 is 0 Å². The number of para-hydroxylation sites is 1. The fraction of sp³-hybridized carbons (Fsp3) is 0.483. The average Bonchev–Trinajstić information content (AvgIpc) is 3.42. The molecule has 4 amide bonds. The fourth-order valence-corrected chi connectivity index (χ4v) is 5.26. The standard InChI is InChI=1S/C29H35N5O11/c1-2-44-29(43)33-13-11-32(12-14-33)27(40)19(7-8-24(37)38)31-26(39)20-15-22(17-5-3-4-6-18(17)30-20)45-16-23(36)34-10-9-21(35)25(34)28(41)42/h3-6,15,19,21,25,35H,2,7-14,16H2,1H3,(H,31,39)(H,37,38)(H,41,42)/t19-,21-,25-/m0/s1. The molecule has 3 heterocycles. The van der Waals surface area contributed by atoms with E-state index in [0.29, 0.717) is 10.9 Å². The van der Waals surface area contributed by atoms with Crippen LogP contribution in [-0.2, 0) is 23.9 Å². The number of piperazine rings is 1. The van der Waals surface area contributed by atoms with E-state index < -0.39 is 67.0 Å². The van der Waals surface area contributed by atoms with Crippen molar-refractivity contribution in [3.63, 3.8) is 0 Å². The van der Waals surface area contributed by atoms with Crippen LogP contribution in [0.1, 0.15) is 36.7 Å². The number of hydrogen-bond donors (Lipinski definition) is 4. The van der Waals surface area contributed by atoms with Gasteiger partial charge in [-0.15, -0.1) is 0 Å². The number of hydrogen-bond acceptors (Lipinski definition) is 10. The SMILES string of the molecule is CCOC(=O)N1CCN(C(=O)[C@H](CCC(=O)O)NC(=O)c2cc(OCC(=O)N3CC[C@H](O)[C@H]3C(=O)O)c3ccccc3n2)CC1. The number of fused-ring (bicyclic) bond motifs is 1. The molecule has 0 unspecified atom stereocenters. The van der Waals surface area contributed by atoms with Gasteiger partial charge in [0, 0.05) is 50.6 Å². The van der Waals surface area contributed by atoms with Crippen molar-refractivity contribution in [1.29, 1.82) is 0 Å². The predicted octanol–water partition coefficient (Wildman–Crippen LogP) is -0.0761. The van der Waals surface area contributed by atoms with Crippen LogP contribution in [0.3, 0.4) is 0 Å². The lowest BCUT2D eigenvalue weighted by atomic mass is 10.1. The second-order valence-electron chi connectivity index (χ2n) is 10.5. The van der Waals surface area contributed by atoms with Crippen molar-refractivity contribution >= 4 is 46.7 Å². The number of nitrogens with one attached hydrogen (secondary N) is 1. The summed E-state index contributed by atoms with van der Waals surface area (Å²) in [6.07, 6.45) is -2.20. The topological polar surface area (TPSA) is 216 Å². The first-order chi connectivity index (χ1) is 21.5. The van der Waals surface area contributed by atoms with Crippen LogP contribution in [0.5, 0.6) is 5.75 Å². The van der Waals surface area contributed by atoms with Crippen LogP contribution in [-0.4, -0.2) is 135 Å². The number of aliphatic carboxylic acids is 2. The highest BCUT2D eigenvalue weighted by atomic mass is 16.6. The first kappa shape index (κ1) is 32.9.